The van der Waals surface area contributed by atoms with Gasteiger partial charge in [0.05, 0.1) is 12.7 Å². The standard InChI is InChI=1S/C8H13N2/c1-8(2)6-10-5-3-4-9-7-10/h3-5,7-8H,6H2,1-2H3/q+1. The van der Waals surface area contributed by atoms with Gasteiger partial charge in [-0.05, 0) is 5.92 Å². The maximum atomic E-state index is 4.00. The van der Waals surface area contributed by atoms with Crippen molar-refractivity contribution in [3.05, 3.63) is 24.8 Å². The van der Waals surface area contributed by atoms with E-state index >= 15 is 0 Å². The van der Waals surface area contributed by atoms with Crippen LogP contribution < -0.4 is 4.57 Å². The van der Waals surface area contributed by atoms with Crippen molar-refractivity contribution in [1.82, 2.24) is 4.98 Å². The minimum absolute atomic E-state index is 0.689. The molecule has 0 saturated heterocycles. The fourth-order valence-corrected chi connectivity index (χ4v) is 0.891. The van der Waals surface area contributed by atoms with E-state index in [-0.39, 0.29) is 0 Å². The Bertz CT molecular complexity index is 182. The first-order chi connectivity index (χ1) is 4.79. The Hall–Kier alpha value is -0.920. The molecule has 0 unspecified atom stereocenters. The Morgan fingerprint density at radius 1 is 1.50 bits per heavy atom. The van der Waals surface area contributed by atoms with Gasteiger partial charge in [-0.1, -0.05) is 18.8 Å². The molecule has 1 aromatic rings. The molecule has 0 radical (unpaired) electrons. The maximum Gasteiger partial charge on any atom is 0.286 e. The second-order valence-corrected chi connectivity index (χ2v) is 2.85. The molecule has 0 aromatic carbocycles. The van der Waals surface area contributed by atoms with Gasteiger partial charge >= 0.3 is 0 Å². The van der Waals surface area contributed by atoms with Crippen LogP contribution in [0.3, 0.4) is 0 Å². The van der Waals surface area contributed by atoms with Crippen LogP contribution >= 0.6 is 0 Å². The van der Waals surface area contributed by atoms with E-state index in [9.17, 15) is 0 Å². The highest BCUT2D eigenvalue weighted by Gasteiger charge is 1.98. The third kappa shape index (κ3) is 2.13. The molecule has 2 nitrogen and oxygen atoms in total. The van der Waals surface area contributed by atoms with Gasteiger partial charge in [0.25, 0.3) is 6.33 Å². The minimum Gasteiger partial charge on any atom is -0.237 e. The maximum absolute atomic E-state index is 4.00. The molecule has 0 spiro atoms. The number of aromatic nitrogens is 2. The summed E-state index contributed by atoms with van der Waals surface area (Å²) in [5.74, 6) is 0.689. The molecular formula is C8H13N2+. The molecule has 0 atom stereocenters. The van der Waals surface area contributed by atoms with Gasteiger partial charge in [-0.15, -0.1) is 0 Å². The van der Waals surface area contributed by atoms with Crippen LogP contribution in [0, 0.1) is 5.92 Å². The molecule has 0 fully saturated rings. The molecule has 1 rings (SSSR count). The molecule has 0 aliphatic carbocycles. The monoisotopic (exact) mass is 137 g/mol. The van der Waals surface area contributed by atoms with Crippen LogP contribution in [0.1, 0.15) is 13.8 Å². The van der Waals surface area contributed by atoms with E-state index in [1.165, 1.54) is 0 Å². The third-order valence-electron chi connectivity index (χ3n) is 1.24. The third-order valence-corrected chi connectivity index (χ3v) is 1.24. The second kappa shape index (κ2) is 3.30. The van der Waals surface area contributed by atoms with E-state index < -0.39 is 0 Å². The number of hydrogen-bond acceptors (Lipinski definition) is 1. The van der Waals surface area contributed by atoms with Gasteiger partial charge in [-0.2, -0.15) is 0 Å². The predicted molar refractivity (Wildman–Crippen MR) is 39.3 cm³/mol. The molecule has 0 aliphatic heterocycles. The molecular weight excluding hydrogens is 124 g/mol. The second-order valence-electron chi connectivity index (χ2n) is 2.85. The summed E-state index contributed by atoms with van der Waals surface area (Å²) >= 11 is 0. The summed E-state index contributed by atoms with van der Waals surface area (Å²) in [5.41, 5.74) is 0. The van der Waals surface area contributed by atoms with Crippen LogP contribution in [0.4, 0.5) is 0 Å². The van der Waals surface area contributed by atoms with Crippen LogP contribution in [-0.2, 0) is 6.54 Å². The number of nitrogens with zero attached hydrogens (tertiary/aromatic N) is 2. The van der Waals surface area contributed by atoms with Crippen LogP contribution in [0.25, 0.3) is 0 Å². The first-order valence-electron chi connectivity index (χ1n) is 3.58. The van der Waals surface area contributed by atoms with E-state index in [1.807, 2.05) is 18.6 Å². The summed E-state index contributed by atoms with van der Waals surface area (Å²) in [6.07, 6.45) is 5.67. The Balaban J connectivity index is 2.59. The molecule has 0 aliphatic rings. The highest BCUT2D eigenvalue weighted by molar-refractivity contribution is 4.68. The topological polar surface area (TPSA) is 16.8 Å². The van der Waals surface area contributed by atoms with Crippen molar-refractivity contribution in [1.29, 1.82) is 0 Å². The molecule has 0 bridgehead atoms. The van der Waals surface area contributed by atoms with Crippen molar-refractivity contribution in [3.63, 3.8) is 0 Å². The van der Waals surface area contributed by atoms with Gasteiger partial charge in [0.15, 0.2) is 0 Å². The van der Waals surface area contributed by atoms with E-state index in [1.54, 1.807) is 6.20 Å². The van der Waals surface area contributed by atoms with E-state index in [4.69, 9.17) is 0 Å². The lowest BCUT2D eigenvalue weighted by atomic mass is 10.2. The smallest absolute Gasteiger partial charge is 0.237 e. The van der Waals surface area contributed by atoms with Gasteiger partial charge in [0.2, 0.25) is 0 Å². The highest BCUT2D eigenvalue weighted by atomic mass is 15.0. The van der Waals surface area contributed by atoms with Crippen LogP contribution in [0.2, 0.25) is 0 Å². The summed E-state index contributed by atoms with van der Waals surface area (Å²) in [6.45, 7) is 5.44. The molecule has 0 saturated carbocycles. The largest absolute Gasteiger partial charge is 0.286 e. The Morgan fingerprint density at radius 2 is 2.30 bits per heavy atom. The minimum atomic E-state index is 0.689. The van der Waals surface area contributed by atoms with Gasteiger partial charge in [0.1, 0.15) is 6.20 Å². The van der Waals surface area contributed by atoms with Crippen molar-refractivity contribution in [2.24, 2.45) is 5.92 Å². The zero-order valence-corrected chi connectivity index (χ0v) is 6.49. The zero-order chi connectivity index (χ0) is 7.40. The first kappa shape index (κ1) is 7.19. The lowest BCUT2D eigenvalue weighted by Gasteiger charge is -1.99. The normalized spacial score (nSPS) is 10.3. The average molecular weight is 137 g/mol. The van der Waals surface area contributed by atoms with Gasteiger partial charge in [-0.3, -0.25) is 0 Å². The van der Waals surface area contributed by atoms with Crippen LogP contribution in [0.15, 0.2) is 24.8 Å². The molecule has 1 heterocycles. The highest BCUT2D eigenvalue weighted by Crippen LogP contribution is 1.88. The van der Waals surface area contributed by atoms with E-state index in [0.717, 1.165) is 6.54 Å². The predicted octanol–water partition coefficient (Wildman–Crippen LogP) is 1.03. The SMILES string of the molecule is CC(C)C[n+]1cccnc1. The molecule has 2 heteroatoms. The fourth-order valence-electron chi connectivity index (χ4n) is 0.891. The Labute approximate surface area is 61.5 Å². The van der Waals surface area contributed by atoms with Crippen molar-refractivity contribution in [3.8, 4) is 0 Å². The lowest BCUT2D eigenvalue weighted by molar-refractivity contribution is -0.705. The Kier molecular flexibility index (Phi) is 2.37. The molecule has 54 valence electrons. The molecule has 0 N–H and O–H groups in total. The van der Waals surface area contributed by atoms with Crippen molar-refractivity contribution < 1.29 is 4.57 Å². The first-order valence-corrected chi connectivity index (χ1v) is 3.58. The summed E-state index contributed by atoms with van der Waals surface area (Å²) < 4.78 is 2.09. The molecule has 1 aromatic heterocycles. The summed E-state index contributed by atoms with van der Waals surface area (Å²) in [4.78, 5) is 4.00. The summed E-state index contributed by atoms with van der Waals surface area (Å²) in [5, 5.41) is 0. The van der Waals surface area contributed by atoms with Crippen molar-refractivity contribution in [2.45, 2.75) is 20.4 Å². The molecule has 10 heavy (non-hydrogen) atoms. The van der Waals surface area contributed by atoms with Gasteiger partial charge in [-0.25, -0.2) is 4.57 Å². The number of hydrogen-bond donors (Lipinski definition) is 0. The average Bonchev–Trinajstić information content (AvgIpc) is 1.88. The van der Waals surface area contributed by atoms with Crippen LogP contribution in [-0.4, -0.2) is 4.98 Å². The summed E-state index contributed by atoms with van der Waals surface area (Å²) in [7, 11) is 0. The Morgan fingerprint density at radius 3 is 2.80 bits per heavy atom. The summed E-state index contributed by atoms with van der Waals surface area (Å²) in [6, 6.07) is 1.95. The zero-order valence-electron chi connectivity index (χ0n) is 6.49. The van der Waals surface area contributed by atoms with Crippen molar-refractivity contribution >= 4 is 0 Å². The van der Waals surface area contributed by atoms with Gasteiger partial charge in [0, 0.05) is 6.07 Å². The van der Waals surface area contributed by atoms with Crippen molar-refractivity contribution in [2.75, 3.05) is 0 Å². The molecule has 0 amide bonds. The quantitative estimate of drug-likeness (QED) is 0.556. The lowest BCUT2D eigenvalue weighted by Crippen LogP contribution is -2.35. The van der Waals surface area contributed by atoms with Crippen LogP contribution in [0.5, 0.6) is 0 Å². The fraction of sp³-hybridized carbons (Fsp3) is 0.500. The van der Waals surface area contributed by atoms with Gasteiger partial charge < -0.3 is 0 Å². The van der Waals surface area contributed by atoms with E-state index in [2.05, 4.69) is 23.4 Å². The van der Waals surface area contributed by atoms with E-state index in [0.29, 0.717) is 5.92 Å². The number of rotatable bonds is 2.